The number of benzene rings is 2. The van der Waals surface area contributed by atoms with E-state index < -0.39 is 0 Å². The average molecular weight is 733 g/mol. The Hall–Kier alpha value is -2.80. The lowest BCUT2D eigenvalue weighted by Crippen LogP contribution is -2.19. The van der Waals surface area contributed by atoms with Crippen molar-refractivity contribution in [2.45, 2.75) is 51.6 Å². The molecule has 2 aromatic carbocycles. The second kappa shape index (κ2) is 17.6. The lowest BCUT2D eigenvalue weighted by molar-refractivity contribution is 0.260. The molecule has 0 aliphatic rings. The lowest BCUT2D eigenvalue weighted by atomic mass is 10.1. The van der Waals surface area contributed by atoms with Crippen LogP contribution in [0.4, 0.5) is 0 Å². The Balaban J connectivity index is 1.12. The van der Waals surface area contributed by atoms with E-state index in [2.05, 4.69) is 98.9 Å². The van der Waals surface area contributed by atoms with Crippen LogP contribution in [0.3, 0.4) is 0 Å². The minimum atomic E-state index is 0.662. The van der Waals surface area contributed by atoms with Crippen LogP contribution < -0.4 is 9.47 Å². The molecule has 0 spiro atoms. The van der Waals surface area contributed by atoms with Gasteiger partial charge in [-0.05, 0) is 134 Å². The molecule has 44 heavy (non-hydrogen) atoms. The predicted molar refractivity (Wildman–Crippen MR) is 180 cm³/mol. The Kier molecular flexibility index (Phi) is 13.7. The van der Waals surface area contributed by atoms with Crippen molar-refractivity contribution >= 4 is 31.9 Å². The van der Waals surface area contributed by atoms with E-state index in [0.717, 1.165) is 96.5 Å². The molecular formula is C32H44Br2N8O2. The molecule has 0 aliphatic heterocycles. The highest BCUT2D eigenvalue weighted by atomic mass is 79.9. The number of aromatic nitrogens is 6. The van der Waals surface area contributed by atoms with Crippen LogP contribution in [-0.4, -0.2) is 94.3 Å². The molecule has 0 fully saturated rings. The molecule has 10 nitrogen and oxygen atoms in total. The summed E-state index contributed by atoms with van der Waals surface area (Å²) in [4.78, 5) is 4.21. The quantitative estimate of drug-likeness (QED) is 0.120. The Bertz CT molecular complexity index is 1330. The largest absolute Gasteiger partial charge is 0.491 e. The summed E-state index contributed by atoms with van der Waals surface area (Å²) in [6.45, 7) is 4.66. The summed E-state index contributed by atoms with van der Waals surface area (Å²) < 4.78 is 17.5. The standard InChI is InChI=1S/C32H44Br2N8O2/c1-39(2)17-19-43-31-11-9-25(21-29(31)33)13-15-41-23-27(35-37-41)7-5-6-8-28-24-42(38-36-28)16-14-26-10-12-32(30(34)22-26)44-20-18-40(3)4/h9-12,21-24H,5-8,13-20H2,1-4H3. The van der Waals surface area contributed by atoms with Crippen molar-refractivity contribution in [3.8, 4) is 11.5 Å². The summed E-state index contributed by atoms with van der Waals surface area (Å²) in [6.07, 6.45) is 9.75. The normalized spacial score (nSPS) is 11.5. The van der Waals surface area contributed by atoms with Crippen molar-refractivity contribution in [1.82, 2.24) is 39.8 Å². The highest BCUT2D eigenvalue weighted by Gasteiger charge is 2.08. The van der Waals surface area contributed by atoms with Gasteiger partial charge in [0.2, 0.25) is 0 Å². The number of nitrogens with zero attached hydrogens (tertiary/aromatic N) is 8. The molecule has 0 amide bonds. The van der Waals surface area contributed by atoms with Gasteiger partial charge in [0.25, 0.3) is 0 Å². The van der Waals surface area contributed by atoms with E-state index in [1.807, 2.05) is 49.7 Å². The first-order chi connectivity index (χ1) is 21.2. The number of halogens is 2. The van der Waals surface area contributed by atoms with E-state index in [-0.39, 0.29) is 0 Å². The van der Waals surface area contributed by atoms with Crippen molar-refractivity contribution in [3.63, 3.8) is 0 Å². The first kappa shape index (κ1) is 34.1. The third kappa shape index (κ3) is 11.6. The Morgan fingerprint density at radius 3 is 1.45 bits per heavy atom. The molecule has 0 saturated heterocycles. The summed E-state index contributed by atoms with van der Waals surface area (Å²) in [6, 6.07) is 12.5. The minimum Gasteiger partial charge on any atom is -0.491 e. The molecule has 4 rings (SSSR count). The summed E-state index contributed by atoms with van der Waals surface area (Å²) in [5.74, 6) is 1.75. The van der Waals surface area contributed by atoms with E-state index in [1.165, 1.54) is 11.1 Å². The molecule has 12 heteroatoms. The van der Waals surface area contributed by atoms with Gasteiger partial charge in [-0.15, -0.1) is 10.2 Å². The van der Waals surface area contributed by atoms with Gasteiger partial charge in [-0.25, -0.2) is 0 Å². The molecule has 2 heterocycles. The molecule has 0 unspecified atom stereocenters. The maximum absolute atomic E-state index is 5.86. The molecule has 0 atom stereocenters. The van der Waals surface area contributed by atoms with Crippen LogP contribution in [0.15, 0.2) is 57.7 Å². The van der Waals surface area contributed by atoms with E-state index in [4.69, 9.17) is 9.47 Å². The molecule has 0 saturated carbocycles. The third-order valence-electron chi connectivity index (χ3n) is 7.13. The molecular weight excluding hydrogens is 688 g/mol. The summed E-state index contributed by atoms with van der Waals surface area (Å²) in [5.41, 5.74) is 4.52. The minimum absolute atomic E-state index is 0.662. The second-order valence-corrected chi connectivity index (χ2v) is 13.2. The lowest BCUT2D eigenvalue weighted by Gasteiger charge is -2.13. The maximum Gasteiger partial charge on any atom is 0.133 e. The van der Waals surface area contributed by atoms with Gasteiger partial charge in [0.1, 0.15) is 24.7 Å². The van der Waals surface area contributed by atoms with E-state index in [9.17, 15) is 0 Å². The highest BCUT2D eigenvalue weighted by molar-refractivity contribution is 9.10. The van der Waals surface area contributed by atoms with Crippen molar-refractivity contribution in [3.05, 3.63) is 80.3 Å². The van der Waals surface area contributed by atoms with Crippen LogP contribution in [0.1, 0.15) is 35.4 Å². The average Bonchev–Trinajstić information content (AvgIpc) is 3.64. The fourth-order valence-corrected chi connectivity index (χ4v) is 5.62. The second-order valence-electron chi connectivity index (χ2n) is 11.5. The number of aryl methyl sites for hydroxylation is 6. The van der Waals surface area contributed by atoms with Crippen LogP contribution in [-0.2, 0) is 38.8 Å². The summed E-state index contributed by atoms with van der Waals surface area (Å²) in [7, 11) is 8.16. The zero-order valence-corrected chi connectivity index (χ0v) is 29.4. The summed E-state index contributed by atoms with van der Waals surface area (Å²) in [5, 5.41) is 17.4. The zero-order valence-electron chi connectivity index (χ0n) is 26.3. The van der Waals surface area contributed by atoms with Crippen LogP contribution in [0.5, 0.6) is 11.5 Å². The molecule has 0 aliphatic carbocycles. The molecule has 0 radical (unpaired) electrons. The van der Waals surface area contributed by atoms with Crippen molar-refractivity contribution in [1.29, 1.82) is 0 Å². The predicted octanol–water partition coefficient (Wildman–Crippen LogP) is 5.33. The fraction of sp³-hybridized carbons (Fsp3) is 0.500. The first-order valence-corrected chi connectivity index (χ1v) is 16.7. The first-order valence-electron chi connectivity index (χ1n) is 15.1. The van der Waals surface area contributed by atoms with Crippen molar-refractivity contribution < 1.29 is 9.47 Å². The van der Waals surface area contributed by atoms with E-state index in [0.29, 0.717) is 13.2 Å². The SMILES string of the molecule is CN(C)CCOc1ccc(CCn2cc(CCCCc3cn(CCc4ccc(OCCN(C)C)c(Br)c4)nn3)nn2)cc1Br. The van der Waals surface area contributed by atoms with Gasteiger partial charge in [-0.3, -0.25) is 9.36 Å². The molecule has 0 N–H and O–H groups in total. The van der Waals surface area contributed by atoms with Gasteiger partial charge in [0.05, 0.1) is 20.3 Å². The van der Waals surface area contributed by atoms with Crippen LogP contribution >= 0.6 is 31.9 Å². The van der Waals surface area contributed by atoms with Gasteiger partial charge >= 0.3 is 0 Å². The molecule has 4 aromatic rings. The Morgan fingerprint density at radius 2 is 1.07 bits per heavy atom. The summed E-state index contributed by atoms with van der Waals surface area (Å²) >= 11 is 7.28. The zero-order chi connectivity index (χ0) is 31.3. The number of ether oxygens (including phenoxy) is 2. The Morgan fingerprint density at radius 1 is 0.636 bits per heavy atom. The molecule has 238 valence electrons. The highest BCUT2D eigenvalue weighted by Crippen LogP contribution is 2.27. The van der Waals surface area contributed by atoms with E-state index >= 15 is 0 Å². The number of rotatable bonds is 19. The maximum atomic E-state index is 5.86. The molecule has 0 bridgehead atoms. The number of unbranched alkanes of at least 4 members (excludes halogenated alkanes) is 1. The van der Waals surface area contributed by atoms with Gasteiger partial charge < -0.3 is 19.3 Å². The van der Waals surface area contributed by atoms with Gasteiger partial charge in [-0.2, -0.15) is 0 Å². The topological polar surface area (TPSA) is 86.4 Å². The van der Waals surface area contributed by atoms with E-state index in [1.54, 1.807) is 0 Å². The van der Waals surface area contributed by atoms with Crippen molar-refractivity contribution in [2.24, 2.45) is 0 Å². The fourth-order valence-electron chi connectivity index (χ4n) is 4.53. The van der Waals surface area contributed by atoms with Crippen LogP contribution in [0.25, 0.3) is 0 Å². The van der Waals surface area contributed by atoms with Gasteiger partial charge in [0, 0.05) is 38.6 Å². The Labute approximate surface area is 278 Å². The smallest absolute Gasteiger partial charge is 0.133 e. The third-order valence-corrected chi connectivity index (χ3v) is 8.37. The van der Waals surface area contributed by atoms with Crippen molar-refractivity contribution in [2.75, 3.05) is 54.5 Å². The number of likely N-dealkylation sites (N-methyl/N-ethyl adjacent to an activating group) is 2. The van der Waals surface area contributed by atoms with Crippen LogP contribution in [0.2, 0.25) is 0 Å². The monoisotopic (exact) mass is 730 g/mol. The van der Waals surface area contributed by atoms with Gasteiger partial charge in [-0.1, -0.05) is 22.6 Å². The number of hydrogen-bond donors (Lipinski definition) is 0. The van der Waals surface area contributed by atoms with Crippen LogP contribution in [0, 0.1) is 0 Å². The number of hydrogen-bond acceptors (Lipinski definition) is 8. The molecule has 2 aromatic heterocycles. The van der Waals surface area contributed by atoms with Gasteiger partial charge in [0.15, 0.2) is 0 Å².